The summed E-state index contributed by atoms with van der Waals surface area (Å²) in [6.45, 7) is 2.46. The molecule has 10 nitrogen and oxygen atoms in total. The first-order valence-corrected chi connectivity index (χ1v) is 25.1. The first kappa shape index (κ1) is 57.0. The standard InChI is InChI=1S/C25H19F4NO4S2.C24H17F4NO4S2.2CH4/c1-15-19-5-3-4-6-22(19)35-23(15)30(14-16-7-12-21(26)20(13-16)25(27,28)29)36(32,33)18-10-8-17(9-11-18)24(31)34-2;1-14-18-4-2-3-5-21(18)34-22(14)29(13-15-6-11-20(25)19(12-15)24(26,27)28)35(32,33)17-9-7-16(8-10-17)23(30)31;;/h3-13H,14H2,1-2H3;2-12H,13H2,1H3,(H,30,31);2*1H4. The lowest BCUT2D eigenvalue weighted by atomic mass is 10.1. The van der Waals surface area contributed by atoms with Crippen molar-refractivity contribution in [1.82, 2.24) is 0 Å². The summed E-state index contributed by atoms with van der Waals surface area (Å²) >= 11 is 2.32. The molecule has 0 saturated heterocycles. The number of hydrogen-bond donors (Lipinski definition) is 1. The number of carboxylic acid groups (broad SMARTS) is 1. The number of sulfonamides is 2. The van der Waals surface area contributed by atoms with Crippen LogP contribution >= 0.6 is 22.7 Å². The first-order chi connectivity index (χ1) is 33.3. The van der Waals surface area contributed by atoms with Crippen molar-refractivity contribution < 1.29 is 71.4 Å². The van der Waals surface area contributed by atoms with Gasteiger partial charge < -0.3 is 9.84 Å². The Balaban J connectivity index is 0.000000264. The number of alkyl halides is 6. The quantitative estimate of drug-likeness (QED) is 0.0943. The lowest BCUT2D eigenvalue weighted by molar-refractivity contribution is -0.140. The number of carbonyl (C=O) groups is 2. The molecule has 2 heterocycles. The van der Waals surface area contributed by atoms with E-state index in [0.29, 0.717) is 40.4 Å². The summed E-state index contributed by atoms with van der Waals surface area (Å²) in [4.78, 5) is 22.5. The molecule has 0 aliphatic rings. The zero-order chi connectivity index (χ0) is 51.8. The fourth-order valence-electron chi connectivity index (χ4n) is 7.34. The Labute approximate surface area is 423 Å². The number of fused-ring (bicyclic) bond motifs is 2. The fourth-order valence-corrected chi connectivity index (χ4v) is 13.2. The average molecular weight is 1090 g/mol. The van der Waals surface area contributed by atoms with Crippen LogP contribution in [-0.4, -0.2) is 41.0 Å². The Morgan fingerprint density at radius 1 is 0.562 bits per heavy atom. The van der Waals surface area contributed by atoms with Crippen LogP contribution in [0.15, 0.2) is 143 Å². The second-order valence-electron chi connectivity index (χ2n) is 15.5. The lowest BCUT2D eigenvalue weighted by Crippen LogP contribution is -2.30. The van der Waals surface area contributed by atoms with Crippen molar-refractivity contribution in [3.8, 4) is 0 Å². The Morgan fingerprint density at radius 2 is 0.918 bits per heavy atom. The predicted molar refractivity (Wildman–Crippen MR) is 267 cm³/mol. The largest absolute Gasteiger partial charge is 0.478 e. The fraction of sp³-hybridized carbons (Fsp3) is 0.176. The molecule has 6 aromatic carbocycles. The lowest BCUT2D eigenvalue weighted by Gasteiger charge is -2.24. The van der Waals surface area contributed by atoms with Gasteiger partial charge in [0, 0.05) is 9.40 Å². The van der Waals surface area contributed by atoms with Crippen molar-refractivity contribution in [2.45, 2.75) is 63.9 Å². The Kier molecular flexibility index (Phi) is 17.2. The Bertz CT molecular complexity index is 3540. The Hall–Kier alpha value is -6.88. The molecule has 0 saturated carbocycles. The number of thiophene rings is 2. The van der Waals surface area contributed by atoms with Gasteiger partial charge in [-0.3, -0.25) is 8.61 Å². The van der Waals surface area contributed by atoms with E-state index in [1.165, 1.54) is 42.7 Å². The third-order valence-electron chi connectivity index (χ3n) is 11.0. The second-order valence-corrected chi connectivity index (χ2v) is 21.3. The molecule has 0 unspecified atom stereocenters. The van der Waals surface area contributed by atoms with Crippen LogP contribution < -0.4 is 8.61 Å². The SMILES string of the molecule is C.C.COC(=O)c1ccc(S(=O)(=O)N(Cc2ccc(F)c(C(F)(F)F)c2)c2sc3ccccc3c2C)cc1.Cc1c(N(Cc2ccc(F)c(C(F)(F)F)c2)S(=O)(=O)c2ccc(C(=O)O)cc2)sc2ccccc12. The average Bonchev–Trinajstić information content (AvgIpc) is 3.84. The minimum atomic E-state index is -4.95. The molecule has 2 aromatic heterocycles. The van der Waals surface area contributed by atoms with Crippen molar-refractivity contribution in [3.63, 3.8) is 0 Å². The van der Waals surface area contributed by atoms with E-state index in [1.807, 2.05) is 12.1 Å². The molecule has 8 aromatic rings. The highest BCUT2D eigenvalue weighted by Gasteiger charge is 2.37. The molecule has 0 radical (unpaired) electrons. The summed E-state index contributed by atoms with van der Waals surface area (Å²) in [6.07, 6.45) is -9.90. The van der Waals surface area contributed by atoms with Gasteiger partial charge in [0.1, 0.15) is 21.6 Å². The first-order valence-electron chi connectivity index (χ1n) is 20.6. The molecular weight excluding hydrogens is 1050 g/mol. The van der Waals surface area contributed by atoms with E-state index >= 15 is 0 Å². The van der Waals surface area contributed by atoms with Gasteiger partial charge in [-0.2, -0.15) is 26.3 Å². The van der Waals surface area contributed by atoms with Gasteiger partial charge in [-0.25, -0.2) is 35.2 Å². The van der Waals surface area contributed by atoms with Crippen LogP contribution in [0.5, 0.6) is 0 Å². The summed E-state index contributed by atoms with van der Waals surface area (Å²) in [7, 11) is -7.47. The van der Waals surface area contributed by atoms with E-state index < -0.39 is 80.2 Å². The molecule has 0 aliphatic carbocycles. The summed E-state index contributed by atoms with van der Waals surface area (Å²) < 4.78 is 171. The number of nitrogens with zero attached hydrogens (tertiary/aromatic N) is 2. The van der Waals surface area contributed by atoms with Gasteiger partial charge in [0.05, 0.1) is 52.2 Å². The van der Waals surface area contributed by atoms with Gasteiger partial charge in [-0.15, -0.1) is 22.7 Å². The highest BCUT2D eigenvalue weighted by molar-refractivity contribution is 7.93. The number of anilines is 2. The number of halogens is 8. The van der Waals surface area contributed by atoms with Crippen LogP contribution in [0.4, 0.5) is 45.1 Å². The van der Waals surface area contributed by atoms with Crippen LogP contribution in [0.1, 0.15) is 68.9 Å². The van der Waals surface area contributed by atoms with Gasteiger partial charge >= 0.3 is 24.3 Å². The van der Waals surface area contributed by atoms with Crippen molar-refractivity contribution in [2.75, 3.05) is 15.7 Å². The minimum Gasteiger partial charge on any atom is -0.478 e. The number of carboxylic acids is 1. The number of carbonyl (C=O) groups excluding carboxylic acids is 1. The topological polar surface area (TPSA) is 138 Å². The number of aryl methyl sites for hydroxylation is 2. The molecule has 0 aliphatic heterocycles. The third kappa shape index (κ3) is 12.0. The maximum Gasteiger partial charge on any atom is 0.419 e. The highest BCUT2D eigenvalue weighted by Crippen LogP contribution is 2.43. The summed E-state index contributed by atoms with van der Waals surface area (Å²) in [5.41, 5.74) is -1.84. The number of benzene rings is 6. The molecule has 0 fully saturated rings. The third-order valence-corrected chi connectivity index (χ3v) is 17.3. The molecule has 386 valence electrons. The molecular formula is C51H44F8N2O8S4. The van der Waals surface area contributed by atoms with E-state index in [-0.39, 0.29) is 51.9 Å². The van der Waals surface area contributed by atoms with Crippen LogP contribution in [-0.2, 0) is 50.2 Å². The molecule has 73 heavy (non-hydrogen) atoms. The van der Waals surface area contributed by atoms with Gasteiger partial charge in [0.2, 0.25) is 0 Å². The maximum absolute atomic E-state index is 13.9. The number of rotatable bonds is 12. The van der Waals surface area contributed by atoms with E-state index in [4.69, 9.17) is 5.11 Å². The predicted octanol–water partition coefficient (Wildman–Crippen LogP) is 14.3. The van der Waals surface area contributed by atoms with E-state index in [9.17, 15) is 61.5 Å². The van der Waals surface area contributed by atoms with Crippen LogP contribution in [0.3, 0.4) is 0 Å². The van der Waals surface area contributed by atoms with Crippen LogP contribution in [0, 0.1) is 25.5 Å². The van der Waals surface area contributed by atoms with E-state index in [1.54, 1.807) is 50.2 Å². The zero-order valence-corrected chi connectivity index (χ0v) is 40.2. The number of hydrogen-bond acceptors (Lipinski definition) is 9. The number of methoxy groups -OCH3 is 1. The smallest absolute Gasteiger partial charge is 0.419 e. The Morgan fingerprint density at radius 3 is 1.25 bits per heavy atom. The summed E-state index contributed by atoms with van der Waals surface area (Å²) in [5, 5.41) is 11.3. The molecule has 0 spiro atoms. The van der Waals surface area contributed by atoms with E-state index in [2.05, 4.69) is 4.74 Å². The molecule has 0 bridgehead atoms. The molecule has 0 amide bonds. The van der Waals surface area contributed by atoms with Crippen molar-refractivity contribution in [1.29, 1.82) is 0 Å². The van der Waals surface area contributed by atoms with Crippen molar-refractivity contribution in [2.24, 2.45) is 0 Å². The summed E-state index contributed by atoms with van der Waals surface area (Å²) in [6, 6.07) is 28.7. The van der Waals surface area contributed by atoms with E-state index in [0.717, 1.165) is 76.5 Å². The van der Waals surface area contributed by atoms with Gasteiger partial charge in [-0.1, -0.05) is 63.4 Å². The van der Waals surface area contributed by atoms with Crippen molar-refractivity contribution >= 4 is 84.8 Å². The molecule has 1 N–H and O–H groups in total. The number of aromatic carboxylic acids is 1. The second kappa shape index (κ2) is 22.1. The minimum absolute atomic E-state index is 0. The van der Waals surface area contributed by atoms with Crippen molar-refractivity contribution in [3.05, 3.63) is 190 Å². The molecule has 22 heteroatoms. The van der Waals surface area contributed by atoms with Crippen LogP contribution in [0.25, 0.3) is 20.2 Å². The normalized spacial score (nSPS) is 11.8. The monoisotopic (exact) mass is 1090 g/mol. The van der Waals surface area contributed by atoms with Gasteiger partial charge in [-0.05, 0) is 132 Å². The number of esters is 1. The van der Waals surface area contributed by atoms with Crippen LogP contribution in [0.2, 0.25) is 0 Å². The highest BCUT2D eigenvalue weighted by atomic mass is 32.2. The molecule has 8 rings (SSSR count). The molecule has 0 atom stereocenters. The maximum atomic E-state index is 13.9. The number of ether oxygens (including phenoxy) is 1. The van der Waals surface area contributed by atoms with Gasteiger partial charge in [0.15, 0.2) is 0 Å². The zero-order valence-electron chi connectivity index (χ0n) is 37.0. The summed E-state index contributed by atoms with van der Waals surface area (Å²) in [5.74, 6) is -4.80. The van der Waals surface area contributed by atoms with Gasteiger partial charge in [0.25, 0.3) is 20.0 Å².